The first-order valence-corrected chi connectivity index (χ1v) is 4.07. The number of hydrazine groups is 1. The monoisotopic (exact) mass is 221 g/mol. The minimum atomic E-state index is -4.30. The molecule has 0 unspecified atom stereocenters. The molecule has 0 atom stereocenters. The average molecular weight is 221 g/mol. The summed E-state index contributed by atoms with van der Waals surface area (Å²) in [5.74, 6) is 5.50. The van der Waals surface area contributed by atoms with Crippen LogP contribution in [0.25, 0.3) is 0 Å². The Morgan fingerprint density at radius 2 is 2.13 bits per heavy atom. The van der Waals surface area contributed by atoms with Gasteiger partial charge in [-0.2, -0.15) is 13.2 Å². The van der Waals surface area contributed by atoms with E-state index in [1.807, 2.05) is 0 Å². The van der Waals surface area contributed by atoms with Gasteiger partial charge in [-0.25, -0.2) is 10.8 Å². The van der Waals surface area contributed by atoms with E-state index in [2.05, 4.69) is 15.1 Å². The molecule has 15 heavy (non-hydrogen) atoms. The first-order chi connectivity index (χ1) is 7.01. The van der Waals surface area contributed by atoms with E-state index >= 15 is 0 Å². The number of alkyl halides is 3. The molecular formula is C8H10F3N3O. The molecule has 0 saturated carbocycles. The standard InChI is InChI=1S/C8H10F3N3O/c9-8(10,11)5-15-4-6-1-2-7(14-12)13-3-6/h1-3H,4-5,12H2,(H,13,14). The maximum atomic E-state index is 11.7. The molecule has 1 aromatic heterocycles. The van der Waals surface area contributed by atoms with Gasteiger partial charge in [0, 0.05) is 6.20 Å². The van der Waals surface area contributed by atoms with Gasteiger partial charge in [0.1, 0.15) is 12.4 Å². The summed E-state index contributed by atoms with van der Waals surface area (Å²) >= 11 is 0. The highest BCUT2D eigenvalue weighted by molar-refractivity contribution is 5.33. The third-order valence-electron chi connectivity index (χ3n) is 1.51. The quantitative estimate of drug-likeness (QED) is 0.596. The van der Waals surface area contributed by atoms with Crippen molar-refractivity contribution in [2.24, 2.45) is 5.84 Å². The van der Waals surface area contributed by atoms with Crippen LogP contribution in [-0.4, -0.2) is 17.8 Å². The van der Waals surface area contributed by atoms with Crippen molar-refractivity contribution in [1.29, 1.82) is 0 Å². The highest BCUT2D eigenvalue weighted by atomic mass is 19.4. The molecule has 0 saturated heterocycles. The zero-order valence-electron chi connectivity index (χ0n) is 7.71. The number of nitrogens with zero attached hydrogens (tertiary/aromatic N) is 1. The molecule has 7 heteroatoms. The van der Waals surface area contributed by atoms with E-state index in [-0.39, 0.29) is 6.61 Å². The van der Waals surface area contributed by atoms with Gasteiger partial charge >= 0.3 is 6.18 Å². The summed E-state index contributed by atoms with van der Waals surface area (Å²) in [6, 6.07) is 3.13. The smallest absolute Gasteiger partial charge is 0.367 e. The molecule has 1 rings (SSSR count). The second kappa shape index (κ2) is 4.94. The minimum Gasteiger partial charge on any atom is -0.367 e. The van der Waals surface area contributed by atoms with E-state index in [0.717, 1.165) is 0 Å². The zero-order chi connectivity index (χ0) is 11.3. The van der Waals surface area contributed by atoms with Gasteiger partial charge in [-0.05, 0) is 11.6 Å². The number of hydrogen-bond donors (Lipinski definition) is 2. The number of nitrogens with two attached hydrogens (primary N) is 1. The van der Waals surface area contributed by atoms with Gasteiger partial charge < -0.3 is 10.2 Å². The number of anilines is 1. The van der Waals surface area contributed by atoms with Crippen molar-refractivity contribution in [3.05, 3.63) is 23.9 Å². The lowest BCUT2D eigenvalue weighted by Gasteiger charge is -2.07. The SMILES string of the molecule is NNc1ccc(COCC(F)(F)F)cn1. The Labute approximate surface area is 84.2 Å². The van der Waals surface area contributed by atoms with E-state index in [1.54, 1.807) is 12.1 Å². The highest BCUT2D eigenvalue weighted by Crippen LogP contribution is 2.15. The molecule has 0 amide bonds. The Bertz CT molecular complexity index is 299. The maximum absolute atomic E-state index is 11.7. The average Bonchev–Trinajstić information content (AvgIpc) is 2.17. The summed E-state index contributed by atoms with van der Waals surface area (Å²) in [6.45, 7) is -1.39. The first kappa shape index (κ1) is 11.7. The Balaban J connectivity index is 2.38. The molecule has 0 aromatic carbocycles. The van der Waals surface area contributed by atoms with E-state index in [0.29, 0.717) is 11.4 Å². The Morgan fingerprint density at radius 1 is 1.40 bits per heavy atom. The van der Waals surface area contributed by atoms with E-state index in [4.69, 9.17) is 5.84 Å². The van der Waals surface area contributed by atoms with Gasteiger partial charge in [0.2, 0.25) is 0 Å². The van der Waals surface area contributed by atoms with Crippen molar-refractivity contribution in [3.8, 4) is 0 Å². The van der Waals surface area contributed by atoms with E-state index in [9.17, 15) is 13.2 Å². The van der Waals surface area contributed by atoms with Gasteiger partial charge in [0.25, 0.3) is 0 Å². The van der Waals surface area contributed by atoms with Crippen LogP contribution in [0.4, 0.5) is 19.0 Å². The molecular weight excluding hydrogens is 211 g/mol. The van der Waals surface area contributed by atoms with Gasteiger partial charge in [0.05, 0.1) is 6.61 Å². The lowest BCUT2D eigenvalue weighted by atomic mass is 10.3. The fourth-order valence-electron chi connectivity index (χ4n) is 0.880. The molecule has 0 aliphatic heterocycles. The predicted octanol–water partition coefficient (Wildman–Crippen LogP) is 1.45. The van der Waals surface area contributed by atoms with Crippen LogP contribution >= 0.6 is 0 Å². The van der Waals surface area contributed by atoms with Crippen LogP contribution in [0, 0.1) is 0 Å². The number of nitrogens with one attached hydrogen (secondary N) is 1. The summed E-state index contributed by atoms with van der Waals surface area (Å²) in [7, 11) is 0. The molecule has 84 valence electrons. The summed E-state index contributed by atoms with van der Waals surface area (Å²) in [6.07, 6.45) is -2.91. The van der Waals surface area contributed by atoms with Crippen LogP contribution in [0.15, 0.2) is 18.3 Å². The topological polar surface area (TPSA) is 60.2 Å². The largest absolute Gasteiger partial charge is 0.411 e. The molecule has 0 aliphatic carbocycles. The normalized spacial score (nSPS) is 11.5. The fourth-order valence-corrected chi connectivity index (χ4v) is 0.880. The van der Waals surface area contributed by atoms with Crippen molar-refractivity contribution < 1.29 is 17.9 Å². The number of pyridine rings is 1. The van der Waals surface area contributed by atoms with Crippen LogP contribution in [0.2, 0.25) is 0 Å². The lowest BCUT2D eigenvalue weighted by molar-refractivity contribution is -0.176. The van der Waals surface area contributed by atoms with Crippen LogP contribution in [0.1, 0.15) is 5.56 Å². The van der Waals surface area contributed by atoms with Crippen LogP contribution in [0.5, 0.6) is 0 Å². The number of halogens is 3. The molecule has 3 N–H and O–H groups in total. The maximum Gasteiger partial charge on any atom is 0.411 e. The first-order valence-electron chi connectivity index (χ1n) is 4.07. The number of rotatable bonds is 4. The van der Waals surface area contributed by atoms with E-state index in [1.165, 1.54) is 6.20 Å². The molecule has 0 bridgehead atoms. The van der Waals surface area contributed by atoms with E-state index < -0.39 is 12.8 Å². The number of nitrogen functional groups attached to an aromatic ring is 1. The van der Waals surface area contributed by atoms with Gasteiger partial charge in [-0.3, -0.25) is 0 Å². The second-order valence-electron chi connectivity index (χ2n) is 2.80. The molecule has 0 spiro atoms. The molecule has 0 fully saturated rings. The summed E-state index contributed by atoms with van der Waals surface area (Å²) < 4.78 is 39.6. The van der Waals surface area contributed by atoms with Crippen molar-refractivity contribution in [3.63, 3.8) is 0 Å². The van der Waals surface area contributed by atoms with Gasteiger partial charge in [0.15, 0.2) is 0 Å². The molecule has 0 radical (unpaired) electrons. The molecule has 0 aliphatic rings. The lowest BCUT2D eigenvalue weighted by Crippen LogP contribution is -2.16. The minimum absolute atomic E-state index is 0.128. The fraction of sp³-hybridized carbons (Fsp3) is 0.375. The van der Waals surface area contributed by atoms with Gasteiger partial charge in [-0.1, -0.05) is 6.07 Å². The molecule has 1 aromatic rings. The van der Waals surface area contributed by atoms with Crippen LogP contribution in [-0.2, 0) is 11.3 Å². The Hall–Kier alpha value is -1.34. The number of ether oxygens (including phenoxy) is 1. The number of aromatic nitrogens is 1. The van der Waals surface area contributed by atoms with Crippen LogP contribution < -0.4 is 11.3 Å². The Morgan fingerprint density at radius 3 is 2.60 bits per heavy atom. The zero-order valence-corrected chi connectivity index (χ0v) is 7.71. The highest BCUT2D eigenvalue weighted by Gasteiger charge is 2.27. The van der Waals surface area contributed by atoms with Crippen molar-refractivity contribution in [2.75, 3.05) is 12.0 Å². The third kappa shape index (κ3) is 4.61. The predicted molar refractivity (Wildman–Crippen MR) is 47.8 cm³/mol. The molecule has 4 nitrogen and oxygen atoms in total. The van der Waals surface area contributed by atoms with Crippen molar-refractivity contribution in [1.82, 2.24) is 4.98 Å². The molecule has 1 heterocycles. The number of hydrogen-bond acceptors (Lipinski definition) is 4. The summed E-state index contributed by atoms with van der Waals surface area (Å²) in [5.41, 5.74) is 2.86. The van der Waals surface area contributed by atoms with Crippen molar-refractivity contribution in [2.45, 2.75) is 12.8 Å². The summed E-state index contributed by atoms with van der Waals surface area (Å²) in [5, 5.41) is 0. The van der Waals surface area contributed by atoms with Gasteiger partial charge in [-0.15, -0.1) is 0 Å². The van der Waals surface area contributed by atoms with Crippen LogP contribution in [0.3, 0.4) is 0 Å². The third-order valence-corrected chi connectivity index (χ3v) is 1.51. The second-order valence-corrected chi connectivity index (χ2v) is 2.80. The van der Waals surface area contributed by atoms with Crippen molar-refractivity contribution >= 4 is 5.82 Å². The summed E-state index contributed by atoms with van der Waals surface area (Å²) in [4.78, 5) is 3.81. The Kier molecular flexibility index (Phi) is 3.87.